The van der Waals surface area contributed by atoms with Crippen molar-refractivity contribution in [2.45, 2.75) is 0 Å². The van der Waals surface area contributed by atoms with E-state index in [2.05, 4.69) is 37.5 Å². The number of pyridine rings is 1. The molecule has 0 saturated carbocycles. The van der Waals surface area contributed by atoms with E-state index in [0.29, 0.717) is 17.0 Å². The molecule has 0 unspecified atom stereocenters. The molecular weight excluding hydrogens is 357 g/mol. The zero-order valence-corrected chi connectivity index (χ0v) is 11.7. The Kier molecular flexibility index (Phi) is 2.94. The van der Waals surface area contributed by atoms with Crippen LogP contribution in [-0.4, -0.2) is 26.0 Å². The van der Waals surface area contributed by atoms with Gasteiger partial charge in [-0.05, 0) is 40.8 Å². The first-order chi connectivity index (χ1) is 9.13. The Morgan fingerprint density at radius 3 is 2.89 bits per heavy atom. The van der Waals surface area contributed by atoms with Crippen LogP contribution in [0.1, 0.15) is 10.4 Å². The number of aromatic carboxylic acids is 1. The van der Waals surface area contributed by atoms with E-state index in [1.165, 1.54) is 12.3 Å². The molecule has 3 rings (SSSR count). The van der Waals surface area contributed by atoms with Crippen molar-refractivity contribution in [2.75, 3.05) is 0 Å². The fourth-order valence-electron chi connectivity index (χ4n) is 1.79. The van der Waals surface area contributed by atoms with Crippen molar-refractivity contribution >= 4 is 39.7 Å². The van der Waals surface area contributed by atoms with E-state index >= 15 is 0 Å². The lowest BCUT2D eigenvalue weighted by Gasteiger charge is -1.96. The van der Waals surface area contributed by atoms with Crippen molar-refractivity contribution in [1.82, 2.24) is 15.0 Å². The van der Waals surface area contributed by atoms with E-state index < -0.39 is 5.97 Å². The summed E-state index contributed by atoms with van der Waals surface area (Å²) >= 11 is 2.23. The van der Waals surface area contributed by atoms with Crippen LogP contribution in [0.2, 0.25) is 0 Å². The lowest BCUT2D eigenvalue weighted by molar-refractivity contribution is 0.0696. The Bertz CT molecular complexity index is 782. The lowest BCUT2D eigenvalue weighted by Crippen LogP contribution is -1.96. The normalized spacial score (nSPS) is 10.8. The molecule has 94 valence electrons. The van der Waals surface area contributed by atoms with Crippen LogP contribution in [0.4, 0.5) is 0 Å². The number of nitrogens with zero attached hydrogens (tertiary/aromatic N) is 2. The SMILES string of the molecule is O=C(O)c1cnc2nc(-c3cccc(I)c3)[nH]c2c1. The van der Waals surface area contributed by atoms with Crippen molar-refractivity contribution in [1.29, 1.82) is 0 Å². The molecule has 0 aliphatic heterocycles. The third-order valence-corrected chi connectivity index (χ3v) is 3.35. The molecule has 0 aliphatic rings. The summed E-state index contributed by atoms with van der Waals surface area (Å²) in [5.41, 5.74) is 2.22. The fourth-order valence-corrected chi connectivity index (χ4v) is 2.33. The van der Waals surface area contributed by atoms with Gasteiger partial charge in [-0.2, -0.15) is 0 Å². The van der Waals surface area contributed by atoms with E-state index in [1.807, 2.05) is 24.3 Å². The second-order valence-electron chi connectivity index (χ2n) is 4.00. The number of halogens is 1. The average Bonchev–Trinajstić information content (AvgIpc) is 2.81. The third kappa shape index (κ3) is 2.30. The predicted octanol–water partition coefficient (Wildman–Crippen LogP) is 2.93. The number of carbonyl (C=O) groups is 1. The number of aromatic nitrogens is 3. The molecule has 0 spiro atoms. The summed E-state index contributed by atoms with van der Waals surface area (Å²) in [5.74, 6) is -0.316. The van der Waals surface area contributed by atoms with Gasteiger partial charge in [-0.3, -0.25) is 0 Å². The molecule has 2 N–H and O–H groups in total. The highest BCUT2D eigenvalue weighted by atomic mass is 127. The summed E-state index contributed by atoms with van der Waals surface area (Å²) in [6.45, 7) is 0. The summed E-state index contributed by atoms with van der Waals surface area (Å²) in [6.07, 6.45) is 1.31. The minimum absolute atomic E-state index is 0.144. The number of H-pyrrole nitrogens is 1. The van der Waals surface area contributed by atoms with Gasteiger partial charge in [0.2, 0.25) is 0 Å². The molecule has 0 bridgehead atoms. The smallest absolute Gasteiger partial charge is 0.337 e. The number of nitrogens with one attached hydrogen (secondary N) is 1. The van der Waals surface area contributed by atoms with Crippen LogP contribution in [0, 0.1) is 3.57 Å². The highest BCUT2D eigenvalue weighted by molar-refractivity contribution is 14.1. The standard InChI is InChI=1S/C13H8IN3O2/c14-9-3-1-2-7(4-9)11-16-10-5-8(13(18)19)6-15-12(10)17-11/h1-6H,(H,18,19)(H,15,16,17). The molecule has 3 aromatic rings. The Morgan fingerprint density at radius 2 is 2.16 bits per heavy atom. The molecule has 0 amide bonds. The van der Waals surface area contributed by atoms with Crippen LogP contribution >= 0.6 is 22.6 Å². The maximum atomic E-state index is 10.9. The Labute approximate surface area is 121 Å². The molecule has 0 saturated heterocycles. The van der Waals surface area contributed by atoms with Crippen molar-refractivity contribution in [3.63, 3.8) is 0 Å². The third-order valence-electron chi connectivity index (χ3n) is 2.68. The van der Waals surface area contributed by atoms with E-state index in [-0.39, 0.29) is 5.56 Å². The molecule has 2 heterocycles. The van der Waals surface area contributed by atoms with E-state index in [0.717, 1.165) is 9.13 Å². The number of hydrogen-bond donors (Lipinski definition) is 2. The van der Waals surface area contributed by atoms with Crippen molar-refractivity contribution in [2.24, 2.45) is 0 Å². The number of rotatable bonds is 2. The van der Waals surface area contributed by atoms with Gasteiger partial charge in [0.15, 0.2) is 5.65 Å². The highest BCUT2D eigenvalue weighted by Crippen LogP contribution is 2.21. The Balaban J connectivity index is 2.14. The van der Waals surface area contributed by atoms with Gasteiger partial charge in [0.1, 0.15) is 5.82 Å². The lowest BCUT2D eigenvalue weighted by atomic mass is 10.2. The van der Waals surface area contributed by atoms with Crippen molar-refractivity contribution in [3.8, 4) is 11.4 Å². The number of benzene rings is 1. The summed E-state index contributed by atoms with van der Waals surface area (Å²) < 4.78 is 1.11. The van der Waals surface area contributed by atoms with Gasteiger partial charge in [0.25, 0.3) is 0 Å². The summed E-state index contributed by atoms with van der Waals surface area (Å²) in [6, 6.07) is 9.41. The summed E-state index contributed by atoms with van der Waals surface area (Å²) in [7, 11) is 0. The van der Waals surface area contributed by atoms with Gasteiger partial charge >= 0.3 is 5.97 Å². The topological polar surface area (TPSA) is 78.9 Å². The molecule has 0 fully saturated rings. The van der Waals surface area contributed by atoms with Gasteiger partial charge in [-0.25, -0.2) is 14.8 Å². The van der Waals surface area contributed by atoms with Gasteiger partial charge in [-0.1, -0.05) is 12.1 Å². The second-order valence-corrected chi connectivity index (χ2v) is 5.24. The first kappa shape index (κ1) is 12.1. The summed E-state index contributed by atoms with van der Waals surface area (Å²) in [4.78, 5) is 22.4. The first-order valence-electron chi connectivity index (χ1n) is 5.48. The van der Waals surface area contributed by atoms with Crippen LogP contribution < -0.4 is 0 Å². The monoisotopic (exact) mass is 365 g/mol. The van der Waals surface area contributed by atoms with E-state index in [1.54, 1.807) is 0 Å². The van der Waals surface area contributed by atoms with E-state index in [9.17, 15) is 4.79 Å². The maximum Gasteiger partial charge on any atom is 0.337 e. The maximum absolute atomic E-state index is 10.9. The number of hydrogen-bond acceptors (Lipinski definition) is 3. The molecule has 0 radical (unpaired) electrons. The molecular formula is C13H8IN3O2. The molecule has 19 heavy (non-hydrogen) atoms. The second kappa shape index (κ2) is 4.61. The number of aromatic amines is 1. The summed E-state index contributed by atoms with van der Waals surface area (Å²) in [5, 5.41) is 8.93. The van der Waals surface area contributed by atoms with Crippen molar-refractivity contribution < 1.29 is 9.90 Å². The molecule has 6 heteroatoms. The zero-order valence-electron chi connectivity index (χ0n) is 9.59. The molecule has 2 aromatic heterocycles. The number of carboxylic acids is 1. The number of imidazole rings is 1. The van der Waals surface area contributed by atoms with Crippen LogP contribution in [0.15, 0.2) is 36.5 Å². The van der Waals surface area contributed by atoms with Crippen molar-refractivity contribution in [3.05, 3.63) is 45.7 Å². The Hall–Kier alpha value is -1.96. The molecule has 1 aromatic carbocycles. The van der Waals surface area contributed by atoms with Crippen LogP contribution in [0.3, 0.4) is 0 Å². The molecule has 5 nitrogen and oxygen atoms in total. The quantitative estimate of drug-likeness (QED) is 0.685. The van der Waals surface area contributed by atoms with Crippen LogP contribution in [-0.2, 0) is 0 Å². The molecule has 0 atom stereocenters. The predicted molar refractivity (Wildman–Crippen MR) is 79.0 cm³/mol. The van der Waals surface area contributed by atoms with Gasteiger partial charge in [0.05, 0.1) is 11.1 Å². The van der Waals surface area contributed by atoms with Crippen LogP contribution in [0.5, 0.6) is 0 Å². The number of carboxylic acid groups (broad SMARTS) is 1. The van der Waals surface area contributed by atoms with E-state index in [4.69, 9.17) is 5.11 Å². The van der Waals surface area contributed by atoms with Gasteiger partial charge in [0, 0.05) is 15.3 Å². The average molecular weight is 365 g/mol. The largest absolute Gasteiger partial charge is 0.478 e. The van der Waals surface area contributed by atoms with Gasteiger partial charge < -0.3 is 10.1 Å². The highest BCUT2D eigenvalue weighted by Gasteiger charge is 2.10. The van der Waals surface area contributed by atoms with Gasteiger partial charge in [-0.15, -0.1) is 0 Å². The van der Waals surface area contributed by atoms with Crippen LogP contribution in [0.25, 0.3) is 22.6 Å². The minimum Gasteiger partial charge on any atom is -0.478 e. The zero-order chi connectivity index (χ0) is 13.4. The molecule has 0 aliphatic carbocycles. The fraction of sp³-hybridized carbons (Fsp3) is 0. The minimum atomic E-state index is -1.00. The number of fused-ring (bicyclic) bond motifs is 1. The first-order valence-corrected chi connectivity index (χ1v) is 6.56. The Morgan fingerprint density at radius 1 is 1.32 bits per heavy atom.